The van der Waals surface area contributed by atoms with Gasteiger partial charge in [-0.1, -0.05) is 0 Å². The molecule has 2 heterocycles. The van der Waals surface area contributed by atoms with Crippen molar-refractivity contribution in [1.82, 2.24) is 9.29 Å². The summed E-state index contributed by atoms with van der Waals surface area (Å²) in [5, 5.41) is 9.02. The largest absolute Gasteiger partial charge is 0.480 e. The fourth-order valence-corrected chi connectivity index (χ4v) is 3.22. The second kappa shape index (κ2) is 5.01. The van der Waals surface area contributed by atoms with Crippen LogP contribution in [-0.2, 0) is 19.6 Å². The van der Waals surface area contributed by atoms with E-state index in [2.05, 4.69) is 4.98 Å². The molecule has 0 radical (unpaired) electrons. The van der Waals surface area contributed by atoms with Gasteiger partial charge >= 0.3 is 5.97 Å². The van der Waals surface area contributed by atoms with E-state index in [9.17, 15) is 13.2 Å². The number of aromatic nitrogens is 1. The molecule has 18 heavy (non-hydrogen) atoms. The van der Waals surface area contributed by atoms with E-state index in [1.165, 1.54) is 24.5 Å². The van der Waals surface area contributed by atoms with Crippen LogP contribution in [0.5, 0.6) is 0 Å². The van der Waals surface area contributed by atoms with Crippen molar-refractivity contribution >= 4 is 16.0 Å². The predicted molar refractivity (Wildman–Crippen MR) is 60.4 cm³/mol. The van der Waals surface area contributed by atoms with Gasteiger partial charge in [-0.25, -0.2) is 8.42 Å². The molecule has 1 N–H and O–H groups in total. The van der Waals surface area contributed by atoms with E-state index >= 15 is 0 Å². The number of carboxylic acids is 1. The molecule has 1 unspecified atom stereocenters. The van der Waals surface area contributed by atoms with Crippen LogP contribution in [0.3, 0.4) is 0 Å². The fourth-order valence-electron chi connectivity index (χ4n) is 1.71. The smallest absolute Gasteiger partial charge is 0.324 e. The molecule has 1 aromatic rings. The highest BCUT2D eigenvalue weighted by Crippen LogP contribution is 2.19. The van der Waals surface area contributed by atoms with Gasteiger partial charge in [0.05, 0.1) is 13.2 Å². The number of aliphatic carboxylic acids is 1. The van der Waals surface area contributed by atoms with Crippen molar-refractivity contribution in [3.63, 3.8) is 0 Å². The Bertz CT molecular complexity index is 530. The first-order chi connectivity index (χ1) is 8.53. The second-order valence-electron chi connectivity index (χ2n) is 3.73. The van der Waals surface area contributed by atoms with Crippen molar-refractivity contribution in [1.29, 1.82) is 0 Å². The maximum absolute atomic E-state index is 12.3. The van der Waals surface area contributed by atoms with E-state index in [0.717, 1.165) is 4.31 Å². The normalized spacial score (nSPS) is 21.7. The van der Waals surface area contributed by atoms with Gasteiger partial charge in [0, 0.05) is 18.9 Å². The summed E-state index contributed by atoms with van der Waals surface area (Å²) >= 11 is 0. The van der Waals surface area contributed by atoms with Gasteiger partial charge in [-0.3, -0.25) is 9.78 Å². The number of ether oxygens (including phenoxy) is 1. The molecule has 1 aliphatic heterocycles. The molecular formula is C10H12N2O5S. The third-order valence-corrected chi connectivity index (χ3v) is 4.50. The van der Waals surface area contributed by atoms with Gasteiger partial charge in [0.1, 0.15) is 10.9 Å². The minimum absolute atomic E-state index is 0.0156. The lowest BCUT2D eigenvalue weighted by Crippen LogP contribution is -2.52. The standard InChI is InChI=1S/C10H12N2O5S/c13-10(14)9-7-17-5-4-12(9)18(15,16)8-2-1-3-11-6-8/h1-3,6,9H,4-5,7H2,(H,13,14). The molecule has 1 saturated heterocycles. The van der Waals surface area contributed by atoms with E-state index in [1.807, 2.05) is 0 Å². The van der Waals surface area contributed by atoms with Crippen molar-refractivity contribution in [3.05, 3.63) is 24.5 Å². The van der Waals surface area contributed by atoms with E-state index in [-0.39, 0.29) is 24.7 Å². The topological polar surface area (TPSA) is 96.8 Å². The van der Waals surface area contributed by atoms with E-state index in [0.29, 0.717) is 0 Å². The van der Waals surface area contributed by atoms with Gasteiger partial charge in [0.2, 0.25) is 10.0 Å². The van der Waals surface area contributed by atoms with E-state index in [1.54, 1.807) is 0 Å². The van der Waals surface area contributed by atoms with Crippen molar-refractivity contribution in [2.24, 2.45) is 0 Å². The summed E-state index contributed by atoms with van der Waals surface area (Å²) in [6.07, 6.45) is 2.65. The number of hydrogen-bond acceptors (Lipinski definition) is 5. The SMILES string of the molecule is O=C(O)C1COCCN1S(=O)(=O)c1cccnc1. The van der Waals surface area contributed by atoms with E-state index < -0.39 is 22.0 Å². The van der Waals surface area contributed by atoms with Crippen LogP contribution in [0.25, 0.3) is 0 Å². The first-order valence-corrected chi connectivity index (χ1v) is 6.70. The number of carbonyl (C=O) groups is 1. The summed E-state index contributed by atoms with van der Waals surface area (Å²) in [6, 6.07) is 1.68. The van der Waals surface area contributed by atoms with Crippen LogP contribution in [0.4, 0.5) is 0 Å². The predicted octanol–water partition coefficient (Wildman–Crippen LogP) is -0.444. The number of rotatable bonds is 3. The molecule has 2 rings (SSSR count). The first-order valence-electron chi connectivity index (χ1n) is 5.26. The molecule has 98 valence electrons. The summed E-state index contributed by atoms with van der Waals surface area (Å²) in [4.78, 5) is 14.8. The minimum Gasteiger partial charge on any atom is -0.480 e. The summed E-state index contributed by atoms with van der Waals surface area (Å²) in [7, 11) is -3.85. The van der Waals surface area contributed by atoms with Crippen molar-refractivity contribution in [3.8, 4) is 0 Å². The molecule has 1 fully saturated rings. The number of hydrogen-bond donors (Lipinski definition) is 1. The van der Waals surface area contributed by atoms with Crippen LogP contribution in [-0.4, -0.2) is 54.6 Å². The highest BCUT2D eigenvalue weighted by atomic mass is 32.2. The molecule has 0 amide bonds. The minimum atomic E-state index is -3.85. The molecule has 0 saturated carbocycles. The van der Waals surface area contributed by atoms with Crippen LogP contribution in [0.1, 0.15) is 0 Å². The van der Waals surface area contributed by atoms with Crippen molar-refractivity contribution < 1.29 is 23.1 Å². The monoisotopic (exact) mass is 272 g/mol. The fraction of sp³-hybridized carbons (Fsp3) is 0.400. The van der Waals surface area contributed by atoms with Crippen LogP contribution in [0.2, 0.25) is 0 Å². The van der Waals surface area contributed by atoms with Gasteiger partial charge < -0.3 is 9.84 Å². The van der Waals surface area contributed by atoms with E-state index in [4.69, 9.17) is 9.84 Å². The molecule has 7 nitrogen and oxygen atoms in total. The second-order valence-corrected chi connectivity index (χ2v) is 5.62. The zero-order valence-corrected chi connectivity index (χ0v) is 10.2. The molecule has 1 aromatic heterocycles. The van der Waals surface area contributed by atoms with Crippen LogP contribution in [0, 0.1) is 0 Å². The average molecular weight is 272 g/mol. The lowest BCUT2D eigenvalue weighted by atomic mass is 10.3. The Morgan fingerprint density at radius 2 is 2.33 bits per heavy atom. The summed E-state index contributed by atoms with van der Waals surface area (Å²) in [5.41, 5.74) is 0. The zero-order valence-electron chi connectivity index (χ0n) is 9.39. The number of nitrogens with zero attached hydrogens (tertiary/aromatic N) is 2. The van der Waals surface area contributed by atoms with Gasteiger partial charge in [-0.05, 0) is 12.1 Å². The third kappa shape index (κ3) is 2.35. The Labute approximate surface area is 104 Å². The Kier molecular flexibility index (Phi) is 3.60. The lowest BCUT2D eigenvalue weighted by molar-refractivity contribution is -0.146. The molecule has 0 aliphatic carbocycles. The first kappa shape index (κ1) is 12.9. The Balaban J connectivity index is 2.36. The number of carboxylic acid groups (broad SMARTS) is 1. The van der Waals surface area contributed by atoms with Crippen LogP contribution >= 0.6 is 0 Å². The Morgan fingerprint density at radius 1 is 1.56 bits per heavy atom. The lowest BCUT2D eigenvalue weighted by Gasteiger charge is -2.31. The quantitative estimate of drug-likeness (QED) is 0.801. The molecular weight excluding hydrogens is 260 g/mol. The van der Waals surface area contributed by atoms with Gasteiger partial charge in [-0.15, -0.1) is 0 Å². The molecule has 0 bridgehead atoms. The van der Waals surface area contributed by atoms with Crippen molar-refractivity contribution in [2.75, 3.05) is 19.8 Å². The maximum atomic E-state index is 12.3. The Morgan fingerprint density at radius 3 is 2.94 bits per heavy atom. The zero-order chi connectivity index (χ0) is 13.2. The van der Waals surface area contributed by atoms with Gasteiger partial charge in [0.25, 0.3) is 0 Å². The molecule has 1 atom stereocenters. The van der Waals surface area contributed by atoms with Crippen LogP contribution < -0.4 is 0 Å². The summed E-state index contributed by atoms with van der Waals surface area (Å²) in [6.45, 7) is 0.0618. The summed E-state index contributed by atoms with van der Waals surface area (Å²) in [5.74, 6) is -1.22. The summed E-state index contributed by atoms with van der Waals surface area (Å²) < 4.78 is 30.5. The molecule has 0 aromatic carbocycles. The van der Waals surface area contributed by atoms with Gasteiger partial charge in [0.15, 0.2) is 0 Å². The molecule has 8 heteroatoms. The molecule has 0 spiro atoms. The number of pyridine rings is 1. The number of morpholine rings is 1. The molecule has 1 aliphatic rings. The number of sulfonamides is 1. The maximum Gasteiger partial charge on any atom is 0.324 e. The third-order valence-electron chi connectivity index (χ3n) is 2.61. The highest BCUT2D eigenvalue weighted by Gasteiger charge is 2.38. The highest BCUT2D eigenvalue weighted by molar-refractivity contribution is 7.89. The van der Waals surface area contributed by atoms with Crippen molar-refractivity contribution in [2.45, 2.75) is 10.9 Å². The van der Waals surface area contributed by atoms with Crippen LogP contribution in [0.15, 0.2) is 29.4 Å². The Hall–Kier alpha value is -1.51. The van der Waals surface area contributed by atoms with Gasteiger partial charge in [-0.2, -0.15) is 4.31 Å². The average Bonchev–Trinajstić information content (AvgIpc) is 2.39.